The van der Waals surface area contributed by atoms with Crippen LogP contribution < -0.4 is 10.4 Å². The van der Waals surface area contributed by atoms with Crippen LogP contribution in [0.15, 0.2) is 18.2 Å². The molecule has 0 saturated carbocycles. The molecule has 0 radical (unpaired) electrons. The number of carbonyl (C=O) groups excluding carboxylic acids is 2. The molecule has 0 aliphatic carbocycles. The van der Waals surface area contributed by atoms with Gasteiger partial charge in [0.1, 0.15) is 0 Å². The van der Waals surface area contributed by atoms with Crippen molar-refractivity contribution in [3.8, 4) is 5.75 Å². The third kappa shape index (κ3) is 6.34. The summed E-state index contributed by atoms with van der Waals surface area (Å²) in [5, 5.41) is 14.5. The molecule has 1 N–H and O–H groups in total. The lowest BCUT2D eigenvalue weighted by Crippen LogP contribution is -2.45. The molecule has 0 aliphatic rings. The standard InChI is InChI=1S/C16H24N2O4.HI/c1-5-18(3,6-2)10-9-15(20)17-12-7-8-13(14(19)11-12)16(21)22-4;/h7-8,11H,5-6,9-10H2,1-4H3,(H-,17,19,20,21);1H. The number of quaternary nitrogens is 1. The van der Waals surface area contributed by atoms with Crippen molar-refractivity contribution in [3.63, 3.8) is 0 Å². The molecule has 0 aliphatic heterocycles. The highest BCUT2D eigenvalue weighted by atomic mass is 127. The van der Waals surface area contributed by atoms with Gasteiger partial charge < -0.3 is 19.6 Å². The second-order valence-electron chi connectivity index (χ2n) is 5.48. The fourth-order valence-corrected chi connectivity index (χ4v) is 2.01. The Kier molecular flexibility index (Phi) is 9.14. The lowest BCUT2D eigenvalue weighted by atomic mass is 10.2. The van der Waals surface area contributed by atoms with E-state index in [1.54, 1.807) is 0 Å². The number of hydrogen-bond donors (Lipinski definition) is 1. The Balaban J connectivity index is 0.00000484. The number of hydrogen-bond acceptors (Lipinski definition) is 4. The van der Waals surface area contributed by atoms with Gasteiger partial charge in [-0.15, -0.1) is 24.0 Å². The minimum Gasteiger partial charge on any atom is -0.872 e. The fourth-order valence-electron chi connectivity index (χ4n) is 2.01. The maximum atomic E-state index is 12.0. The highest BCUT2D eigenvalue weighted by Gasteiger charge is 2.18. The van der Waals surface area contributed by atoms with E-state index in [0.717, 1.165) is 24.1 Å². The molecular formula is C16H25IN2O4. The number of rotatable bonds is 7. The summed E-state index contributed by atoms with van der Waals surface area (Å²) in [7, 11) is 3.32. The zero-order valence-electron chi connectivity index (χ0n) is 14.0. The number of halogens is 1. The van der Waals surface area contributed by atoms with Gasteiger partial charge in [-0.1, -0.05) is 5.75 Å². The Morgan fingerprint density at radius 3 is 2.35 bits per heavy atom. The quantitative estimate of drug-likeness (QED) is 0.403. The van der Waals surface area contributed by atoms with Crippen molar-refractivity contribution in [2.45, 2.75) is 20.3 Å². The average Bonchev–Trinajstić information content (AvgIpc) is 2.52. The SMILES string of the molecule is CC[N+](C)(CC)CCC(=O)Nc1ccc(C(=O)OC)c([O-])c1.I. The summed E-state index contributed by atoms with van der Waals surface area (Å²) in [6.45, 7) is 6.85. The highest BCUT2D eigenvalue weighted by Crippen LogP contribution is 2.20. The summed E-state index contributed by atoms with van der Waals surface area (Å²) < 4.78 is 5.33. The Morgan fingerprint density at radius 1 is 1.26 bits per heavy atom. The minimum atomic E-state index is -0.679. The summed E-state index contributed by atoms with van der Waals surface area (Å²) in [5.74, 6) is -1.29. The molecule has 1 aromatic rings. The van der Waals surface area contributed by atoms with Crippen molar-refractivity contribution >= 4 is 41.5 Å². The first-order valence-electron chi connectivity index (χ1n) is 7.38. The van der Waals surface area contributed by atoms with Gasteiger partial charge in [0, 0.05) is 5.69 Å². The van der Waals surface area contributed by atoms with E-state index in [0.29, 0.717) is 12.1 Å². The number of anilines is 1. The molecule has 0 unspecified atom stereocenters. The van der Waals surface area contributed by atoms with E-state index in [9.17, 15) is 14.7 Å². The molecule has 0 saturated heterocycles. The van der Waals surface area contributed by atoms with Crippen LogP contribution in [0.1, 0.15) is 30.6 Å². The van der Waals surface area contributed by atoms with Crippen LogP contribution in [0.2, 0.25) is 0 Å². The Labute approximate surface area is 154 Å². The van der Waals surface area contributed by atoms with Crippen LogP contribution in [0.5, 0.6) is 5.75 Å². The molecule has 130 valence electrons. The number of ether oxygens (including phenoxy) is 1. The number of carbonyl (C=O) groups is 2. The topological polar surface area (TPSA) is 78.5 Å². The Morgan fingerprint density at radius 2 is 1.87 bits per heavy atom. The smallest absolute Gasteiger partial charge is 0.337 e. The average molecular weight is 436 g/mol. The van der Waals surface area contributed by atoms with Gasteiger partial charge >= 0.3 is 5.97 Å². The van der Waals surface area contributed by atoms with Gasteiger partial charge in [0.25, 0.3) is 0 Å². The molecule has 6 nitrogen and oxygen atoms in total. The maximum Gasteiger partial charge on any atom is 0.337 e. The van der Waals surface area contributed by atoms with Gasteiger partial charge in [-0.2, -0.15) is 0 Å². The summed E-state index contributed by atoms with van der Waals surface area (Å²) in [6, 6.07) is 4.12. The van der Waals surface area contributed by atoms with Crippen LogP contribution >= 0.6 is 24.0 Å². The third-order valence-corrected chi connectivity index (χ3v) is 4.08. The van der Waals surface area contributed by atoms with Crippen LogP contribution in [-0.2, 0) is 9.53 Å². The molecule has 0 bridgehead atoms. The lowest BCUT2D eigenvalue weighted by Gasteiger charge is -2.31. The van der Waals surface area contributed by atoms with Crippen molar-refractivity contribution in [2.75, 3.05) is 39.1 Å². The van der Waals surface area contributed by atoms with Crippen LogP contribution in [-0.4, -0.2) is 50.2 Å². The van der Waals surface area contributed by atoms with Crippen molar-refractivity contribution in [3.05, 3.63) is 23.8 Å². The van der Waals surface area contributed by atoms with Crippen LogP contribution in [0.4, 0.5) is 5.69 Å². The number of benzene rings is 1. The van der Waals surface area contributed by atoms with Gasteiger partial charge in [0.15, 0.2) is 0 Å². The van der Waals surface area contributed by atoms with E-state index < -0.39 is 11.7 Å². The number of nitrogens with one attached hydrogen (secondary N) is 1. The van der Waals surface area contributed by atoms with Gasteiger partial charge in [0.2, 0.25) is 5.91 Å². The van der Waals surface area contributed by atoms with E-state index in [2.05, 4.69) is 30.9 Å². The molecular weight excluding hydrogens is 411 g/mol. The van der Waals surface area contributed by atoms with Gasteiger partial charge in [-0.3, -0.25) is 4.79 Å². The van der Waals surface area contributed by atoms with E-state index >= 15 is 0 Å². The van der Waals surface area contributed by atoms with Crippen LogP contribution in [0.3, 0.4) is 0 Å². The monoisotopic (exact) mass is 436 g/mol. The molecule has 0 atom stereocenters. The van der Waals surface area contributed by atoms with Gasteiger partial charge in [-0.05, 0) is 32.0 Å². The van der Waals surface area contributed by atoms with E-state index in [1.165, 1.54) is 25.3 Å². The fraction of sp³-hybridized carbons (Fsp3) is 0.500. The molecule has 1 rings (SSSR count). The van der Waals surface area contributed by atoms with Crippen LogP contribution in [0, 0.1) is 0 Å². The van der Waals surface area contributed by atoms with Crippen molar-refractivity contribution < 1.29 is 23.9 Å². The Hall–Kier alpha value is -1.35. The zero-order chi connectivity index (χ0) is 16.8. The molecule has 0 aromatic heterocycles. The lowest BCUT2D eigenvalue weighted by molar-refractivity contribution is -0.905. The summed E-state index contributed by atoms with van der Waals surface area (Å²) in [4.78, 5) is 23.3. The molecule has 1 aromatic carbocycles. The predicted octanol–water partition coefficient (Wildman–Crippen LogP) is 1.98. The molecule has 0 spiro atoms. The van der Waals surface area contributed by atoms with Crippen molar-refractivity contribution in [1.82, 2.24) is 0 Å². The second-order valence-corrected chi connectivity index (χ2v) is 5.48. The molecule has 23 heavy (non-hydrogen) atoms. The zero-order valence-corrected chi connectivity index (χ0v) is 16.4. The van der Waals surface area contributed by atoms with E-state index in [1.807, 2.05) is 0 Å². The Bertz CT molecular complexity index is 545. The number of nitrogens with zero attached hydrogens (tertiary/aromatic N) is 1. The van der Waals surface area contributed by atoms with E-state index in [4.69, 9.17) is 0 Å². The summed E-state index contributed by atoms with van der Waals surface area (Å²) in [5.41, 5.74) is 0.353. The highest BCUT2D eigenvalue weighted by molar-refractivity contribution is 14.0. The van der Waals surface area contributed by atoms with Crippen molar-refractivity contribution in [1.29, 1.82) is 0 Å². The molecule has 1 amide bonds. The summed E-state index contributed by atoms with van der Waals surface area (Å²) >= 11 is 0. The first kappa shape index (κ1) is 21.6. The predicted molar refractivity (Wildman–Crippen MR) is 98.0 cm³/mol. The third-order valence-electron chi connectivity index (χ3n) is 4.08. The van der Waals surface area contributed by atoms with Crippen molar-refractivity contribution in [2.24, 2.45) is 0 Å². The first-order chi connectivity index (χ1) is 10.3. The first-order valence-corrected chi connectivity index (χ1v) is 7.38. The van der Waals surface area contributed by atoms with Crippen LogP contribution in [0.25, 0.3) is 0 Å². The van der Waals surface area contributed by atoms with Gasteiger partial charge in [-0.25, -0.2) is 4.79 Å². The van der Waals surface area contributed by atoms with E-state index in [-0.39, 0.29) is 35.4 Å². The number of esters is 1. The minimum absolute atomic E-state index is 0. The normalized spacial score (nSPS) is 10.6. The largest absolute Gasteiger partial charge is 0.872 e. The summed E-state index contributed by atoms with van der Waals surface area (Å²) in [6.07, 6.45) is 0.380. The number of methoxy groups -OCH3 is 1. The van der Waals surface area contributed by atoms with Gasteiger partial charge in [0.05, 0.1) is 45.8 Å². The molecule has 0 fully saturated rings. The molecule has 7 heteroatoms. The number of amides is 1. The maximum absolute atomic E-state index is 12.0. The molecule has 0 heterocycles. The second kappa shape index (κ2) is 9.71.